The van der Waals surface area contributed by atoms with Gasteiger partial charge in [0.15, 0.2) is 5.78 Å². The van der Waals surface area contributed by atoms with Gasteiger partial charge in [-0.15, -0.1) is 11.3 Å². The average Bonchev–Trinajstić information content (AvgIpc) is 3.27. The second-order valence-electron chi connectivity index (χ2n) is 12.2. The molecule has 2 saturated heterocycles. The summed E-state index contributed by atoms with van der Waals surface area (Å²) in [4.78, 5) is 23.9. The van der Waals surface area contributed by atoms with Gasteiger partial charge in [-0.2, -0.15) is 0 Å². The first-order chi connectivity index (χ1) is 18.8. The lowest BCUT2D eigenvalue weighted by Crippen LogP contribution is -2.44. The molecule has 0 saturated carbocycles. The van der Waals surface area contributed by atoms with E-state index in [1.54, 1.807) is 11.3 Å². The highest BCUT2D eigenvalue weighted by atomic mass is 32.1. The molecule has 4 heterocycles. The molecule has 39 heavy (non-hydrogen) atoms. The maximum Gasteiger partial charge on any atom is 0.173 e. The van der Waals surface area contributed by atoms with Gasteiger partial charge in [0, 0.05) is 56.5 Å². The molecule has 0 radical (unpaired) electrons. The van der Waals surface area contributed by atoms with Gasteiger partial charge in [-0.25, -0.2) is 0 Å². The summed E-state index contributed by atoms with van der Waals surface area (Å²) in [7, 11) is 0. The van der Waals surface area contributed by atoms with Crippen LogP contribution in [0.1, 0.15) is 54.9 Å². The molecule has 6 rings (SSSR count). The van der Waals surface area contributed by atoms with Gasteiger partial charge in [0.05, 0.1) is 41.0 Å². The normalized spacial score (nSPS) is 23.6. The molecule has 6 nitrogen and oxygen atoms in total. The van der Waals surface area contributed by atoms with E-state index < -0.39 is 0 Å². The molecule has 2 atom stereocenters. The van der Waals surface area contributed by atoms with Crippen molar-refractivity contribution < 1.29 is 14.3 Å². The van der Waals surface area contributed by atoms with Crippen molar-refractivity contribution in [3.8, 4) is 22.4 Å². The van der Waals surface area contributed by atoms with Gasteiger partial charge in [-0.1, -0.05) is 32.0 Å². The van der Waals surface area contributed by atoms with Crippen LogP contribution in [0.2, 0.25) is 0 Å². The number of carbonyl (C=O) groups is 1. The van der Waals surface area contributed by atoms with Crippen LogP contribution >= 0.6 is 11.3 Å². The first-order valence-electron chi connectivity index (χ1n) is 14.2. The van der Waals surface area contributed by atoms with E-state index in [-0.39, 0.29) is 23.4 Å². The fourth-order valence-corrected chi connectivity index (χ4v) is 7.76. The van der Waals surface area contributed by atoms with E-state index in [2.05, 4.69) is 73.9 Å². The van der Waals surface area contributed by atoms with Crippen LogP contribution in [0.15, 0.2) is 42.6 Å². The minimum absolute atomic E-state index is 0.0408. The molecule has 0 spiro atoms. The quantitative estimate of drug-likeness (QED) is 0.388. The molecule has 3 aliphatic rings. The van der Waals surface area contributed by atoms with Crippen LogP contribution in [0.5, 0.6) is 0 Å². The zero-order chi connectivity index (χ0) is 27.1. The van der Waals surface area contributed by atoms with Crippen molar-refractivity contribution in [2.24, 2.45) is 5.41 Å². The number of anilines is 1. The number of thiophene rings is 1. The van der Waals surface area contributed by atoms with Crippen LogP contribution in [-0.2, 0) is 22.4 Å². The predicted molar refractivity (Wildman–Crippen MR) is 158 cm³/mol. The summed E-state index contributed by atoms with van der Waals surface area (Å²) in [6, 6.07) is 13.1. The van der Waals surface area contributed by atoms with E-state index in [1.165, 1.54) is 21.7 Å². The maximum absolute atomic E-state index is 13.3. The summed E-state index contributed by atoms with van der Waals surface area (Å²) in [5, 5.41) is 1.20. The summed E-state index contributed by atoms with van der Waals surface area (Å²) in [6.45, 7) is 14.7. The molecular formula is C32H39N3O3S. The van der Waals surface area contributed by atoms with Gasteiger partial charge >= 0.3 is 0 Å². The van der Waals surface area contributed by atoms with Crippen LogP contribution in [0, 0.1) is 5.41 Å². The summed E-state index contributed by atoms with van der Waals surface area (Å²) < 4.78 is 11.6. The minimum Gasteiger partial charge on any atom is -0.378 e. The molecule has 0 amide bonds. The molecule has 0 unspecified atom stereocenters. The summed E-state index contributed by atoms with van der Waals surface area (Å²) in [5.74, 6) is 0.278. The van der Waals surface area contributed by atoms with Crippen LogP contribution in [0.3, 0.4) is 0 Å². The Labute approximate surface area is 236 Å². The molecule has 206 valence electrons. The highest BCUT2D eigenvalue weighted by Gasteiger charge is 2.37. The van der Waals surface area contributed by atoms with Crippen molar-refractivity contribution in [3.05, 3.63) is 58.6 Å². The lowest BCUT2D eigenvalue weighted by atomic mass is 9.75. The third kappa shape index (κ3) is 5.68. The van der Waals surface area contributed by atoms with Crippen LogP contribution in [0.4, 0.5) is 5.00 Å². The Morgan fingerprint density at radius 3 is 2.56 bits per heavy atom. The van der Waals surface area contributed by atoms with Crippen molar-refractivity contribution in [2.75, 3.05) is 44.3 Å². The van der Waals surface area contributed by atoms with E-state index >= 15 is 0 Å². The predicted octanol–water partition coefficient (Wildman–Crippen LogP) is 6.08. The van der Waals surface area contributed by atoms with Crippen LogP contribution in [0.25, 0.3) is 22.4 Å². The molecular weight excluding hydrogens is 506 g/mol. The lowest BCUT2D eigenvalue weighted by Gasteiger charge is -2.35. The monoisotopic (exact) mass is 545 g/mol. The van der Waals surface area contributed by atoms with Gasteiger partial charge < -0.3 is 14.4 Å². The zero-order valence-electron chi connectivity index (χ0n) is 23.5. The Kier molecular flexibility index (Phi) is 7.35. The van der Waals surface area contributed by atoms with Crippen LogP contribution in [-0.4, -0.2) is 67.3 Å². The van der Waals surface area contributed by atoms with E-state index in [4.69, 9.17) is 14.5 Å². The smallest absolute Gasteiger partial charge is 0.173 e. The van der Waals surface area contributed by atoms with Crippen molar-refractivity contribution in [2.45, 2.75) is 59.3 Å². The highest BCUT2D eigenvalue weighted by molar-refractivity contribution is 7.19. The summed E-state index contributed by atoms with van der Waals surface area (Å²) >= 11 is 1.68. The topological polar surface area (TPSA) is 54.9 Å². The summed E-state index contributed by atoms with van der Waals surface area (Å²) in [6.07, 6.45) is 3.95. The second-order valence-corrected chi connectivity index (χ2v) is 13.2. The lowest BCUT2D eigenvalue weighted by molar-refractivity contribution is -0.0704. The number of aromatic nitrogens is 1. The third-order valence-corrected chi connectivity index (χ3v) is 9.34. The number of rotatable bonds is 5. The fraction of sp³-hybridized carbons (Fsp3) is 0.500. The number of benzene rings is 1. The first-order valence-corrected chi connectivity index (χ1v) is 15.0. The summed E-state index contributed by atoms with van der Waals surface area (Å²) in [5.41, 5.74) is 6.91. The third-order valence-electron chi connectivity index (χ3n) is 8.01. The van der Waals surface area contributed by atoms with Gasteiger partial charge in [0.2, 0.25) is 0 Å². The SMILES string of the molecule is C[C@@H]1CN(Cc2cccc(-c3cc(-c4c(N5CCOCC5)sc5c4CC(C)(C)CC5=O)ccn3)c2)C[C@H](C)O1. The van der Waals surface area contributed by atoms with Crippen molar-refractivity contribution in [1.29, 1.82) is 0 Å². The van der Waals surface area contributed by atoms with E-state index in [1.807, 2.05) is 6.20 Å². The highest BCUT2D eigenvalue weighted by Crippen LogP contribution is 2.49. The van der Waals surface area contributed by atoms with Crippen molar-refractivity contribution in [3.63, 3.8) is 0 Å². The Balaban J connectivity index is 1.36. The number of ketones is 1. The number of pyridine rings is 1. The van der Waals surface area contributed by atoms with Gasteiger partial charge in [0.1, 0.15) is 0 Å². The molecule has 1 aromatic carbocycles. The van der Waals surface area contributed by atoms with E-state index in [9.17, 15) is 4.79 Å². The Hall–Kier alpha value is -2.58. The molecule has 2 aromatic heterocycles. The number of nitrogens with zero attached hydrogens (tertiary/aromatic N) is 3. The van der Waals surface area contributed by atoms with Gasteiger partial charge in [0.25, 0.3) is 0 Å². The van der Waals surface area contributed by atoms with E-state index in [0.717, 1.165) is 74.1 Å². The van der Waals surface area contributed by atoms with Crippen LogP contribution < -0.4 is 4.90 Å². The fourth-order valence-electron chi connectivity index (χ4n) is 6.43. The first kappa shape index (κ1) is 26.6. The van der Waals surface area contributed by atoms with Crippen molar-refractivity contribution in [1.82, 2.24) is 9.88 Å². The second kappa shape index (κ2) is 10.8. The molecule has 1 aliphatic carbocycles. The maximum atomic E-state index is 13.3. The number of hydrogen-bond acceptors (Lipinski definition) is 7. The van der Waals surface area contributed by atoms with Gasteiger partial charge in [-0.05, 0) is 60.6 Å². The Bertz CT molecular complexity index is 1350. The number of hydrogen-bond donors (Lipinski definition) is 0. The number of morpholine rings is 2. The Morgan fingerprint density at radius 2 is 1.79 bits per heavy atom. The van der Waals surface area contributed by atoms with Crippen molar-refractivity contribution >= 4 is 22.1 Å². The zero-order valence-corrected chi connectivity index (χ0v) is 24.4. The number of fused-ring (bicyclic) bond motifs is 1. The van der Waals surface area contributed by atoms with Gasteiger partial charge in [-0.3, -0.25) is 14.7 Å². The molecule has 2 fully saturated rings. The average molecular weight is 546 g/mol. The Morgan fingerprint density at radius 1 is 1.03 bits per heavy atom. The minimum atomic E-state index is -0.0408. The number of Topliss-reactive ketones (excluding diaryl/α,β-unsaturated/α-hetero) is 1. The molecule has 3 aromatic rings. The molecule has 0 N–H and O–H groups in total. The largest absolute Gasteiger partial charge is 0.378 e. The molecule has 0 bridgehead atoms. The van der Waals surface area contributed by atoms with E-state index in [0.29, 0.717) is 6.42 Å². The molecule has 2 aliphatic heterocycles. The molecule has 7 heteroatoms. The number of carbonyl (C=O) groups excluding carboxylic acids is 1. The number of ether oxygens (including phenoxy) is 2. The standard InChI is InChI=1S/C32H39N3O3S/c1-21-18-34(19-22(2)38-21)20-23-6-5-7-24(14-23)27-15-25(8-9-33-27)29-26-16-32(3,4)17-28(36)30(26)39-31(29)35-10-12-37-13-11-35/h5-9,14-15,21-22H,10-13,16-20H2,1-4H3/t21-,22+.